The van der Waals surface area contributed by atoms with Crippen molar-refractivity contribution in [2.45, 2.75) is 54.0 Å². The van der Waals surface area contributed by atoms with E-state index in [-0.39, 0.29) is 11.1 Å². The van der Waals surface area contributed by atoms with Crippen molar-refractivity contribution >= 4 is 28.9 Å². The van der Waals surface area contributed by atoms with Crippen molar-refractivity contribution in [2.24, 2.45) is 0 Å². The molecule has 1 aliphatic heterocycles. The van der Waals surface area contributed by atoms with Crippen molar-refractivity contribution in [1.82, 2.24) is 0 Å². The fourth-order valence-corrected chi connectivity index (χ4v) is 4.43. The van der Waals surface area contributed by atoms with E-state index in [1.807, 2.05) is 39.0 Å². The van der Waals surface area contributed by atoms with Crippen LogP contribution in [0.25, 0.3) is 11.6 Å². The minimum atomic E-state index is -0.393. The number of fused-ring (bicyclic) bond motifs is 1. The van der Waals surface area contributed by atoms with Crippen LogP contribution in [0, 0.1) is 32.1 Å². The van der Waals surface area contributed by atoms with Crippen molar-refractivity contribution in [1.29, 1.82) is 5.26 Å². The number of nitriles is 1. The van der Waals surface area contributed by atoms with Gasteiger partial charge < -0.3 is 10.2 Å². The maximum Gasteiger partial charge on any atom is 0.266 e. The van der Waals surface area contributed by atoms with E-state index in [2.05, 4.69) is 62.2 Å². The van der Waals surface area contributed by atoms with E-state index in [1.54, 1.807) is 6.08 Å². The molecule has 4 nitrogen and oxygen atoms in total. The molecule has 1 aliphatic rings. The van der Waals surface area contributed by atoms with Gasteiger partial charge in [0, 0.05) is 23.5 Å². The van der Waals surface area contributed by atoms with Crippen molar-refractivity contribution in [3.8, 4) is 6.07 Å². The van der Waals surface area contributed by atoms with Crippen LogP contribution in [-0.4, -0.2) is 18.0 Å². The normalized spacial score (nSPS) is 15.1. The monoisotopic (exact) mass is 413 g/mol. The second-order valence-corrected chi connectivity index (χ2v) is 8.89. The van der Waals surface area contributed by atoms with E-state index in [4.69, 9.17) is 0 Å². The average molecular weight is 414 g/mol. The lowest BCUT2D eigenvalue weighted by atomic mass is 9.86. The predicted octanol–water partition coefficient (Wildman–Crippen LogP) is 6.18. The minimum absolute atomic E-state index is 0.0563. The third-order valence-corrected chi connectivity index (χ3v) is 5.98. The van der Waals surface area contributed by atoms with Crippen LogP contribution >= 0.6 is 0 Å². The first kappa shape index (κ1) is 22.4. The largest absolute Gasteiger partial charge is 0.363 e. The number of anilines is 2. The van der Waals surface area contributed by atoms with Gasteiger partial charge in [0.15, 0.2) is 0 Å². The fourth-order valence-electron chi connectivity index (χ4n) is 4.43. The highest BCUT2D eigenvalue weighted by molar-refractivity contribution is 6.10. The van der Waals surface area contributed by atoms with Gasteiger partial charge in [-0.25, -0.2) is 0 Å². The molecule has 0 atom stereocenters. The topological polar surface area (TPSA) is 56.1 Å². The number of likely N-dealkylation sites (N-methyl/N-ethyl adjacent to an activating group) is 1. The molecule has 0 fully saturated rings. The molecule has 0 saturated carbocycles. The van der Waals surface area contributed by atoms with E-state index in [0.717, 1.165) is 40.0 Å². The lowest BCUT2D eigenvalue weighted by molar-refractivity contribution is -0.112. The second kappa shape index (κ2) is 8.43. The standard InChI is InChI=1S/C27H31N3O/c1-8-30-25-12-18(3)21(14-23(25)20(5)15-27(30,6)7)13-22(16-28)26(31)29-24-10-9-17(2)11-19(24)4/h9-15H,8H2,1-7H3,(H,29,31)/b22-13+. The number of aryl methyl sites for hydroxylation is 3. The highest BCUT2D eigenvalue weighted by atomic mass is 16.1. The van der Waals surface area contributed by atoms with Crippen molar-refractivity contribution in [3.05, 3.63) is 69.8 Å². The summed E-state index contributed by atoms with van der Waals surface area (Å²) in [6, 6.07) is 12.2. The Bertz CT molecular complexity index is 1150. The highest BCUT2D eigenvalue weighted by Crippen LogP contribution is 2.40. The zero-order chi connectivity index (χ0) is 22.9. The number of hydrogen-bond donors (Lipinski definition) is 1. The Labute approximate surface area is 185 Å². The summed E-state index contributed by atoms with van der Waals surface area (Å²) in [7, 11) is 0. The maximum absolute atomic E-state index is 12.8. The summed E-state index contributed by atoms with van der Waals surface area (Å²) in [6.07, 6.45) is 3.97. The molecule has 0 aliphatic carbocycles. The molecule has 31 heavy (non-hydrogen) atoms. The molecule has 0 aromatic heterocycles. The van der Waals surface area contributed by atoms with Crippen LogP contribution in [0.2, 0.25) is 0 Å². The first-order valence-electron chi connectivity index (χ1n) is 10.7. The third kappa shape index (κ3) is 4.41. The van der Waals surface area contributed by atoms with E-state index < -0.39 is 5.91 Å². The number of nitrogens with one attached hydrogen (secondary N) is 1. The number of amides is 1. The summed E-state index contributed by atoms with van der Waals surface area (Å²) in [4.78, 5) is 15.2. The van der Waals surface area contributed by atoms with E-state index in [0.29, 0.717) is 0 Å². The van der Waals surface area contributed by atoms with Gasteiger partial charge in [-0.05, 0) is 95.0 Å². The van der Waals surface area contributed by atoms with Crippen LogP contribution < -0.4 is 10.2 Å². The van der Waals surface area contributed by atoms with Gasteiger partial charge in [0.25, 0.3) is 5.91 Å². The molecule has 160 valence electrons. The number of hydrogen-bond acceptors (Lipinski definition) is 3. The second-order valence-electron chi connectivity index (χ2n) is 8.89. The van der Waals surface area contributed by atoms with Gasteiger partial charge in [-0.1, -0.05) is 23.8 Å². The number of allylic oxidation sites excluding steroid dienone is 1. The van der Waals surface area contributed by atoms with Gasteiger partial charge in [0.05, 0.1) is 5.54 Å². The summed E-state index contributed by atoms with van der Waals surface area (Å²) < 4.78 is 0. The first-order chi connectivity index (χ1) is 14.6. The molecule has 2 aromatic rings. The zero-order valence-electron chi connectivity index (χ0n) is 19.6. The quantitative estimate of drug-likeness (QED) is 0.481. The van der Waals surface area contributed by atoms with E-state index in [9.17, 15) is 10.1 Å². The van der Waals surface area contributed by atoms with Gasteiger partial charge >= 0.3 is 0 Å². The summed E-state index contributed by atoms with van der Waals surface area (Å²) in [5.41, 5.74) is 8.32. The molecule has 0 bridgehead atoms. The zero-order valence-corrected chi connectivity index (χ0v) is 19.6. The van der Waals surface area contributed by atoms with Crippen LogP contribution in [-0.2, 0) is 4.79 Å². The predicted molar refractivity (Wildman–Crippen MR) is 130 cm³/mol. The van der Waals surface area contributed by atoms with Gasteiger partial charge in [0.2, 0.25) is 0 Å². The Balaban J connectivity index is 1.99. The third-order valence-electron chi connectivity index (χ3n) is 5.98. The van der Waals surface area contributed by atoms with Crippen molar-refractivity contribution < 1.29 is 4.79 Å². The Morgan fingerprint density at radius 3 is 2.45 bits per heavy atom. The lowest BCUT2D eigenvalue weighted by Crippen LogP contribution is -2.44. The molecule has 0 radical (unpaired) electrons. The Morgan fingerprint density at radius 1 is 1.13 bits per heavy atom. The van der Waals surface area contributed by atoms with Crippen LogP contribution in [0.1, 0.15) is 55.5 Å². The summed E-state index contributed by atoms with van der Waals surface area (Å²) in [5, 5.41) is 12.6. The van der Waals surface area contributed by atoms with Crippen LogP contribution in [0.15, 0.2) is 42.0 Å². The molecule has 0 unspecified atom stereocenters. The van der Waals surface area contributed by atoms with E-state index >= 15 is 0 Å². The fraction of sp³-hybridized carbons (Fsp3) is 0.333. The maximum atomic E-state index is 12.8. The number of carbonyl (C=O) groups is 1. The SMILES string of the molecule is CCN1c2cc(C)c(/C=C(\C#N)C(=O)Nc3ccc(C)cc3C)cc2C(C)=CC1(C)C. The summed E-state index contributed by atoms with van der Waals surface area (Å²) in [5.74, 6) is -0.393. The van der Waals surface area contributed by atoms with Gasteiger partial charge in [-0.3, -0.25) is 4.79 Å². The molecule has 0 saturated heterocycles. The summed E-state index contributed by atoms with van der Waals surface area (Å²) in [6.45, 7) is 15.6. The molecular weight excluding hydrogens is 382 g/mol. The lowest BCUT2D eigenvalue weighted by Gasteiger charge is -2.43. The smallest absolute Gasteiger partial charge is 0.266 e. The van der Waals surface area contributed by atoms with Gasteiger partial charge in [0.1, 0.15) is 11.6 Å². The van der Waals surface area contributed by atoms with Gasteiger partial charge in [-0.2, -0.15) is 5.26 Å². The van der Waals surface area contributed by atoms with E-state index in [1.165, 1.54) is 11.3 Å². The molecule has 1 amide bonds. The first-order valence-corrected chi connectivity index (χ1v) is 10.7. The van der Waals surface area contributed by atoms with Crippen LogP contribution in [0.5, 0.6) is 0 Å². The Morgan fingerprint density at radius 2 is 1.84 bits per heavy atom. The molecule has 1 N–H and O–H groups in total. The Hall–Kier alpha value is -3.32. The minimum Gasteiger partial charge on any atom is -0.363 e. The van der Waals surface area contributed by atoms with Crippen LogP contribution in [0.3, 0.4) is 0 Å². The number of nitrogens with zero attached hydrogens (tertiary/aromatic N) is 2. The number of carbonyl (C=O) groups excluding carboxylic acids is 1. The van der Waals surface area contributed by atoms with Crippen molar-refractivity contribution in [3.63, 3.8) is 0 Å². The Kier molecular flexibility index (Phi) is 6.08. The average Bonchev–Trinajstić information content (AvgIpc) is 2.68. The summed E-state index contributed by atoms with van der Waals surface area (Å²) >= 11 is 0. The van der Waals surface area contributed by atoms with Crippen molar-refractivity contribution in [2.75, 3.05) is 16.8 Å². The molecule has 1 heterocycles. The van der Waals surface area contributed by atoms with Gasteiger partial charge in [-0.15, -0.1) is 0 Å². The number of benzene rings is 2. The molecule has 3 rings (SSSR count). The molecular formula is C27H31N3O. The molecule has 0 spiro atoms. The highest BCUT2D eigenvalue weighted by Gasteiger charge is 2.30. The molecule has 4 heteroatoms. The van der Waals surface area contributed by atoms with Crippen LogP contribution in [0.4, 0.5) is 11.4 Å². The number of rotatable bonds is 4. The molecule has 2 aromatic carbocycles.